The lowest BCUT2D eigenvalue weighted by Gasteiger charge is -2.26. The molecule has 0 atom stereocenters. The predicted octanol–water partition coefficient (Wildman–Crippen LogP) is 3.61. The number of aryl methyl sites for hydroxylation is 2. The second-order valence-electron chi connectivity index (χ2n) is 7.21. The first kappa shape index (κ1) is 22.0. The van der Waals surface area contributed by atoms with E-state index in [-0.39, 0.29) is 24.9 Å². The predicted molar refractivity (Wildman–Crippen MR) is 118 cm³/mol. The van der Waals surface area contributed by atoms with Crippen molar-refractivity contribution in [3.63, 3.8) is 0 Å². The second kappa shape index (κ2) is 10.4. The molecule has 0 saturated heterocycles. The highest BCUT2D eigenvalue weighted by Gasteiger charge is 2.19. The van der Waals surface area contributed by atoms with E-state index in [1.807, 2.05) is 38.3 Å². The number of carbonyl (C=O) groups excluding carboxylic acids is 2. The van der Waals surface area contributed by atoms with Gasteiger partial charge in [-0.1, -0.05) is 48.2 Å². The molecular formula is C23H27N3O3S. The maximum absolute atomic E-state index is 12.4. The maximum Gasteiger partial charge on any atom is 0.306 e. The van der Waals surface area contributed by atoms with Crippen molar-refractivity contribution in [1.29, 1.82) is 0 Å². The van der Waals surface area contributed by atoms with Crippen LogP contribution in [0.4, 0.5) is 0 Å². The number of esters is 1. The first-order chi connectivity index (χ1) is 14.5. The first-order valence-electron chi connectivity index (χ1n) is 10.0. The topological polar surface area (TPSA) is 72.4 Å². The Morgan fingerprint density at radius 3 is 2.43 bits per heavy atom. The molecule has 1 aliphatic rings. The van der Waals surface area contributed by atoms with Gasteiger partial charge in [0, 0.05) is 30.9 Å². The van der Waals surface area contributed by atoms with Crippen molar-refractivity contribution < 1.29 is 14.3 Å². The normalized spacial score (nSPS) is 13.7. The van der Waals surface area contributed by atoms with Crippen molar-refractivity contribution in [3.8, 4) is 0 Å². The summed E-state index contributed by atoms with van der Waals surface area (Å²) in [6, 6.07) is 10.2. The Labute approximate surface area is 181 Å². The molecular weight excluding hydrogens is 398 g/mol. The van der Waals surface area contributed by atoms with Gasteiger partial charge in [-0.25, -0.2) is 9.97 Å². The maximum atomic E-state index is 12.4. The largest absolute Gasteiger partial charge is 0.456 e. The summed E-state index contributed by atoms with van der Waals surface area (Å²) < 4.78 is 5.22. The molecule has 158 valence electrons. The van der Waals surface area contributed by atoms with Crippen LogP contribution in [0.1, 0.15) is 35.4 Å². The summed E-state index contributed by atoms with van der Waals surface area (Å²) in [6.45, 7) is 4.80. The molecule has 0 N–H and O–H groups in total. The van der Waals surface area contributed by atoms with Gasteiger partial charge in [0.1, 0.15) is 0 Å². The van der Waals surface area contributed by atoms with Crippen molar-refractivity contribution in [1.82, 2.24) is 14.9 Å². The van der Waals surface area contributed by atoms with Gasteiger partial charge in [-0.05, 0) is 49.6 Å². The van der Waals surface area contributed by atoms with E-state index in [9.17, 15) is 9.59 Å². The summed E-state index contributed by atoms with van der Waals surface area (Å²) in [6.07, 6.45) is 5.51. The lowest BCUT2D eigenvalue weighted by molar-refractivity contribution is -0.151. The first-order valence-corrected chi connectivity index (χ1v) is 11.3. The van der Waals surface area contributed by atoms with Gasteiger partial charge in [0.15, 0.2) is 11.8 Å². The molecule has 1 aromatic carbocycles. The second-order valence-corrected chi connectivity index (χ2v) is 7.98. The highest BCUT2D eigenvalue weighted by Crippen LogP contribution is 2.22. The lowest BCUT2D eigenvalue weighted by atomic mass is 10.00. The zero-order valence-corrected chi connectivity index (χ0v) is 18.5. The van der Waals surface area contributed by atoms with Crippen LogP contribution in [0.5, 0.6) is 0 Å². The van der Waals surface area contributed by atoms with Crippen molar-refractivity contribution in [3.05, 3.63) is 58.9 Å². The van der Waals surface area contributed by atoms with Crippen LogP contribution in [-0.4, -0.2) is 52.7 Å². The minimum absolute atomic E-state index is 0.160. The molecule has 30 heavy (non-hydrogen) atoms. The third kappa shape index (κ3) is 5.69. The average Bonchev–Trinajstić information content (AvgIpc) is 2.77. The minimum atomic E-state index is -0.381. The minimum Gasteiger partial charge on any atom is -0.456 e. The SMILES string of the molecule is CSc1nc(C)c(CCC(=O)OCC(=O)N2CC=C(c3ccccc3)CC2)c(C)n1. The molecule has 0 fully saturated rings. The van der Waals surface area contributed by atoms with Gasteiger partial charge >= 0.3 is 5.97 Å². The van der Waals surface area contributed by atoms with Gasteiger partial charge in [-0.15, -0.1) is 0 Å². The smallest absolute Gasteiger partial charge is 0.306 e. The summed E-state index contributed by atoms with van der Waals surface area (Å²) in [5, 5.41) is 0.730. The number of aromatic nitrogens is 2. The molecule has 0 radical (unpaired) electrons. The highest BCUT2D eigenvalue weighted by molar-refractivity contribution is 7.98. The molecule has 0 unspecified atom stereocenters. The van der Waals surface area contributed by atoms with Crippen LogP contribution in [0.15, 0.2) is 41.6 Å². The quantitative estimate of drug-likeness (QED) is 0.383. The summed E-state index contributed by atoms with van der Waals surface area (Å²) >= 11 is 1.49. The number of amides is 1. The highest BCUT2D eigenvalue weighted by atomic mass is 32.2. The Morgan fingerprint density at radius 2 is 1.83 bits per heavy atom. The molecule has 2 heterocycles. The Hall–Kier alpha value is -2.67. The Morgan fingerprint density at radius 1 is 1.13 bits per heavy atom. The molecule has 6 nitrogen and oxygen atoms in total. The van der Waals surface area contributed by atoms with Gasteiger partial charge in [0.05, 0.1) is 0 Å². The third-order valence-corrected chi connectivity index (χ3v) is 5.77. The van der Waals surface area contributed by atoms with Crippen LogP contribution in [0.2, 0.25) is 0 Å². The molecule has 2 aromatic rings. The van der Waals surface area contributed by atoms with Crippen LogP contribution in [-0.2, 0) is 20.7 Å². The van der Waals surface area contributed by atoms with Crippen molar-refractivity contribution in [2.75, 3.05) is 26.0 Å². The zero-order chi connectivity index (χ0) is 21.5. The van der Waals surface area contributed by atoms with E-state index < -0.39 is 0 Å². The van der Waals surface area contributed by atoms with Gasteiger partial charge in [-0.2, -0.15) is 0 Å². The van der Waals surface area contributed by atoms with E-state index in [0.717, 1.165) is 28.5 Å². The molecule has 7 heteroatoms. The van der Waals surface area contributed by atoms with E-state index in [1.165, 1.54) is 22.9 Å². The number of nitrogens with zero attached hydrogens (tertiary/aromatic N) is 3. The number of benzene rings is 1. The molecule has 0 bridgehead atoms. The van der Waals surface area contributed by atoms with E-state index in [4.69, 9.17) is 4.74 Å². The molecule has 1 amide bonds. The number of thioether (sulfide) groups is 1. The van der Waals surface area contributed by atoms with Crippen LogP contribution in [0.25, 0.3) is 5.57 Å². The van der Waals surface area contributed by atoms with E-state index in [2.05, 4.69) is 28.2 Å². The van der Waals surface area contributed by atoms with Crippen molar-refractivity contribution >= 4 is 29.2 Å². The van der Waals surface area contributed by atoms with E-state index in [0.29, 0.717) is 19.5 Å². The monoisotopic (exact) mass is 425 g/mol. The zero-order valence-electron chi connectivity index (χ0n) is 17.7. The Bertz CT molecular complexity index is 921. The molecule has 0 aliphatic carbocycles. The third-order valence-electron chi connectivity index (χ3n) is 5.22. The molecule has 1 aromatic heterocycles. The van der Waals surface area contributed by atoms with Crippen LogP contribution in [0, 0.1) is 13.8 Å². The Kier molecular flexibility index (Phi) is 7.63. The average molecular weight is 426 g/mol. The number of ether oxygens (including phenoxy) is 1. The van der Waals surface area contributed by atoms with Crippen LogP contribution < -0.4 is 0 Å². The molecule has 0 spiro atoms. The van der Waals surface area contributed by atoms with Gasteiger partial charge < -0.3 is 9.64 Å². The fraction of sp³-hybridized carbons (Fsp3) is 0.391. The van der Waals surface area contributed by atoms with Crippen LogP contribution >= 0.6 is 11.8 Å². The number of hydrogen-bond acceptors (Lipinski definition) is 6. The molecule has 1 aliphatic heterocycles. The fourth-order valence-corrected chi connectivity index (χ4v) is 3.96. The van der Waals surface area contributed by atoms with Gasteiger partial charge in [-0.3, -0.25) is 9.59 Å². The summed E-state index contributed by atoms with van der Waals surface area (Å²) in [5.74, 6) is -0.541. The molecule has 0 saturated carbocycles. The Balaban J connectivity index is 1.45. The van der Waals surface area contributed by atoms with Crippen molar-refractivity contribution in [2.45, 2.75) is 38.3 Å². The summed E-state index contributed by atoms with van der Waals surface area (Å²) in [4.78, 5) is 35.1. The van der Waals surface area contributed by atoms with E-state index in [1.54, 1.807) is 4.90 Å². The van der Waals surface area contributed by atoms with E-state index >= 15 is 0 Å². The van der Waals surface area contributed by atoms with Gasteiger partial charge in [0.25, 0.3) is 5.91 Å². The number of rotatable bonds is 7. The van der Waals surface area contributed by atoms with Crippen molar-refractivity contribution in [2.24, 2.45) is 0 Å². The standard InChI is InChI=1S/C23H27N3O3S/c1-16-20(17(2)25-23(24-16)30-3)9-10-22(28)29-15-21(27)26-13-11-19(12-14-26)18-7-5-4-6-8-18/h4-8,11H,9-10,12-15H2,1-3H3. The lowest BCUT2D eigenvalue weighted by Crippen LogP contribution is -2.37. The van der Waals surface area contributed by atoms with Crippen LogP contribution in [0.3, 0.4) is 0 Å². The fourth-order valence-electron chi connectivity index (χ4n) is 3.50. The number of carbonyl (C=O) groups is 2. The van der Waals surface area contributed by atoms with Gasteiger partial charge in [0.2, 0.25) is 0 Å². The summed E-state index contributed by atoms with van der Waals surface area (Å²) in [7, 11) is 0. The summed E-state index contributed by atoms with van der Waals surface area (Å²) in [5.41, 5.74) is 5.16. The molecule has 3 rings (SSSR count). The number of hydrogen-bond donors (Lipinski definition) is 0.